The summed E-state index contributed by atoms with van der Waals surface area (Å²) < 4.78 is 12.9. The first-order chi connectivity index (χ1) is 9.69. The SMILES string of the molecule is CCC(NC(C)Cc1ccc(F)cc1)c1ccccc1. The van der Waals surface area contributed by atoms with Crippen LogP contribution in [0.15, 0.2) is 54.6 Å². The van der Waals surface area contributed by atoms with Crippen molar-refractivity contribution in [3.05, 3.63) is 71.5 Å². The van der Waals surface area contributed by atoms with Gasteiger partial charge in [-0.25, -0.2) is 4.39 Å². The van der Waals surface area contributed by atoms with Crippen molar-refractivity contribution in [1.82, 2.24) is 5.32 Å². The number of rotatable bonds is 6. The maximum Gasteiger partial charge on any atom is 0.123 e. The molecule has 0 aliphatic heterocycles. The Morgan fingerprint density at radius 1 is 1.00 bits per heavy atom. The van der Waals surface area contributed by atoms with Crippen LogP contribution >= 0.6 is 0 Å². The molecule has 0 fully saturated rings. The normalized spacial score (nSPS) is 13.9. The second-order valence-electron chi connectivity index (χ2n) is 5.27. The van der Waals surface area contributed by atoms with Gasteiger partial charge in [-0.15, -0.1) is 0 Å². The van der Waals surface area contributed by atoms with Gasteiger partial charge in [0.25, 0.3) is 0 Å². The molecule has 2 rings (SSSR count). The molecule has 2 unspecified atom stereocenters. The number of hydrogen-bond donors (Lipinski definition) is 1. The summed E-state index contributed by atoms with van der Waals surface area (Å²) in [5.41, 5.74) is 2.48. The zero-order valence-electron chi connectivity index (χ0n) is 12.1. The van der Waals surface area contributed by atoms with Crippen LogP contribution < -0.4 is 5.32 Å². The summed E-state index contributed by atoms with van der Waals surface area (Å²) >= 11 is 0. The fourth-order valence-electron chi connectivity index (χ4n) is 2.51. The summed E-state index contributed by atoms with van der Waals surface area (Å²) in [6, 6.07) is 18.0. The van der Waals surface area contributed by atoms with Crippen molar-refractivity contribution in [1.29, 1.82) is 0 Å². The minimum Gasteiger partial charge on any atom is -0.307 e. The molecule has 0 aliphatic rings. The molecule has 106 valence electrons. The highest BCUT2D eigenvalue weighted by Gasteiger charge is 2.12. The van der Waals surface area contributed by atoms with Crippen LogP contribution in [-0.4, -0.2) is 6.04 Å². The molecular weight excluding hydrogens is 249 g/mol. The Morgan fingerprint density at radius 3 is 2.25 bits per heavy atom. The molecule has 2 atom stereocenters. The lowest BCUT2D eigenvalue weighted by molar-refractivity contribution is 0.443. The summed E-state index contributed by atoms with van der Waals surface area (Å²) in [4.78, 5) is 0. The second-order valence-corrected chi connectivity index (χ2v) is 5.27. The van der Waals surface area contributed by atoms with Gasteiger partial charge in [0.1, 0.15) is 5.82 Å². The summed E-state index contributed by atoms with van der Waals surface area (Å²) in [7, 11) is 0. The first-order valence-electron chi connectivity index (χ1n) is 7.24. The number of hydrogen-bond acceptors (Lipinski definition) is 1. The van der Waals surface area contributed by atoms with E-state index in [1.165, 1.54) is 17.7 Å². The fraction of sp³-hybridized carbons (Fsp3) is 0.333. The molecule has 1 nitrogen and oxygen atoms in total. The summed E-state index contributed by atoms with van der Waals surface area (Å²) in [5.74, 6) is -0.176. The minimum absolute atomic E-state index is 0.176. The Bertz CT molecular complexity index is 507. The van der Waals surface area contributed by atoms with Crippen LogP contribution in [0.3, 0.4) is 0 Å². The molecule has 0 saturated carbocycles. The third-order valence-corrected chi connectivity index (χ3v) is 3.55. The van der Waals surface area contributed by atoms with Crippen molar-refractivity contribution in [3.63, 3.8) is 0 Å². The molecule has 0 amide bonds. The van der Waals surface area contributed by atoms with Crippen LogP contribution in [0.2, 0.25) is 0 Å². The van der Waals surface area contributed by atoms with Gasteiger partial charge in [-0.3, -0.25) is 0 Å². The van der Waals surface area contributed by atoms with Gasteiger partial charge in [0.15, 0.2) is 0 Å². The molecule has 0 heterocycles. The van der Waals surface area contributed by atoms with E-state index < -0.39 is 0 Å². The molecular formula is C18H22FN. The lowest BCUT2D eigenvalue weighted by Crippen LogP contribution is -2.31. The minimum atomic E-state index is -0.176. The molecule has 0 aliphatic carbocycles. The summed E-state index contributed by atoms with van der Waals surface area (Å²) in [6.45, 7) is 4.37. The smallest absolute Gasteiger partial charge is 0.123 e. The molecule has 2 aromatic rings. The largest absolute Gasteiger partial charge is 0.307 e. The first-order valence-corrected chi connectivity index (χ1v) is 7.24. The van der Waals surface area contributed by atoms with E-state index in [1.807, 2.05) is 18.2 Å². The second kappa shape index (κ2) is 7.20. The van der Waals surface area contributed by atoms with Gasteiger partial charge in [0.2, 0.25) is 0 Å². The van der Waals surface area contributed by atoms with E-state index in [2.05, 4.69) is 43.4 Å². The van der Waals surface area contributed by atoms with Gasteiger partial charge in [-0.2, -0.15) is 0 Å². The lowest BCUT2D eigenvalue weighted by Gasteiger charge is -2.23. The summed E-state index contributed by atoms with van der Waals surface area (Å²) in [6.07, 6.45) is 1.96. The topological polar surface area (TPSA) is 12.0 Å². The third-order valence-electron chi connectivity index (χ3n) is 3.55. The number of nitrogens with one attached hydrogen (secondary N) is 1. The molecule has 20 heavy (non-hydrogen) atoms. The maximum absolute atomic E-state index is 12.9. The molecule has 1 N–H and O–H groups in total. The van der Waals surface area contributed by atoms with Gasteiger partial charge >= 0.3 is 0 Å². The van der Waals surface area contributed by atoms with Gasteiger partial charge in [-0.05, 0) is 43.0 Å². The standard InChI is InChI=1S/C18H22FN/c1-3-18(16-7-5-4-6-8-16)20-14(2)13-15-9-11-17(19)12-10-15/h4-12,14,18,20H,3,13H2,1-2H3. The van der Waals surface area contributed by atoms with Gasteiger partial charge in [-0.1, -0.05) is 49.4 Å². The van der Waals surface area contributed by atoms with E-state index in [1.54, 1.807) is 0 Å². The Kier molecular flexibility index (Phi) is 5.31. The molecule has 0 saturated heterocycles. The maximum atomic E-state index is 12.9. The van der Waals surface area contributed by atoms with Crippen LogP contribution in [0.4, 0.5) is 4.39 Å². The van der Waals surface area contributed by atoms with Crippen molar-refractivity contribution in [2.75, 3.05) is 0 Å². The van der Waals surface area contributed by atoms with E-state index in [9.17, 15) is 4.39 Å². The van der Waals surface area contributed by atoms with Crippen molar-refractivity contribution in [3.8, 4) is 0 Å². The third kappa shape index (κ3) is 4.17. The molecule has 2 heteroatoms. The highest BCUT2D eigenvalue weighted by molar-refractivity contribution is 5.20. The number of benzene rings is 2. The van der Waals surface area contributed by atoms with Crippen molar-refractivity contribution >= 4 is 0 Å². The van der Waals surface area contributed by atoms with E-state index in [0.29, 0.717) is 12.1 Å². The predicted molar refractivity (Wildman–Crippen MR) is 82.2 cm³/mol. The molecule has 0 spiro atoms. The Labute approximate surface area is 120 Å². The summed E-state index contributed by atoms with van der Waals surface area (Å²) in [5, 5.41) is 3.65. The first kappa shape index (κ1) is 14.7. The molecule has 0 aromatic heterocycles. The predicted octanol–water partition coefficient (Wildman–Crippen LogP) is 4.50. The Hall–Kier alpha value is -1.67. The fourth-order valence-corrected chi connectivity index (χ4v) is 2.51. The van der Waals surface area contributed by atoms with Crippen molar-refractivity contribution in [2.24, 2.45) is 0 Å². The van der Waals surface area contributed by atoms with Crippen molar-refractivity contribution in [2.45, 2.75) is 38.8 Å². The highest BCUT2D eigenvalue weighted by Crippen LogP contribution is 2.17. The van der Waals surface area contributed by atoms with Crippen LogP contribution in [0.1, 0.15) is 37.4 Å². The van der Waals surface area contributed by atoms with Gasteiger partial charge in [0, 0.05) is 12.1 Å². The van der Waals surface area contributed by atoms with Crippen LogP contribution in [0, 0.1) is 5.82 Å². The zero-order valence-corrected chi connectivity index (χ0v) is 12.1. The van der Waals surface area contributed by atoms with Crippen molar-refractivity contribution < 1.29 is 4.39 Å². The molecule has 0 bridgehead atoms. The van der Waals surface area contributed by atoms with Crippen LogP contribution in [0.5, 0.6) is 0 Å². The van der Waals surface area contributed by atoms with E-state index >= 15 is 0 Å². The molecule has 2 aromatic carbocycles. The monoisotopic (exact) mass is 271 g/mol. The Morgan fingerprint density at radius 2 is 1.65 bits per heavy atom. The zero-order chi connectivity index (χ0) is 14.4. The van der Waals surface area contributed by atoms with Crippen LogP contribution in [-0.2, 0) is 6.42 Å². The molecule has 0 radical (unpaired) electrons. The van der Waals surface area contributed by atoms with Gasteiger partial charge in [0.05, 0.1) is 0 Å². The van der Waals surface area contributed by atoms with Gasteiger partial charge < -0.3 is 5.32 Å². The Balaban J connectivity index is 1.95. The lowest BCUT2D eigenvalue weighted by atomic mass is 10.0. The average molecular weight is 271 g/mol. The van der Waals surface area contributed by atoms with E-state index in [0.717, 1.165) is 18.4 Å². The average Bonchev–Trinajstić information content (AvgIpc) is 2.48. The quantitative estimate of drug-likeness (QED) is 0.815. The number of halogens is 1. The highest BCUT2D eigenvalue weighted by atomic mass is 19.1. The van der Waals surface area contributed by atoms with E-state index in [-0.39, 0.29) is 5.82 Å². The van der Waals surface area contributed by atoms with E-state index in [4.69, 9.17) is 0 Å². The van der Waals surface area contributed by atoms with Crippen LogP contribution in [0.25, 0.3) is 0 Å².